The second-order valence-electron chi connectivity index (χ2n) is 16.2. The molecule has 9 aromatic carbocycles. The highest BCUT2D eigenvalue weighted by molar-refractivity contribution is 6.12. The van der Waals surface area contributed by atoms with Crippen molar-refractivity contribution in [2.75, 3.05) is 4.90 Å². The summed E-state index contributed by atoms with van der Waals surface area (Å²) in [6.07, 6.45) is 8.93. The smallest absolute Gasteiger partial charge is 0.159 e. The molecule has 0 fully saturated rings. The Labute approximate surface area is 356 Å². The number of hydrogen-bond donors (Lipinski definition) is 0. The summed E-state index contributed by atoms with van der Waals surface area (Å²) in [5.74, 6) is 0. The van der Waals surface area contributed by atoms with E-state index in [2.05, 4.69) is 229 Å². The standard InChI is InChI=1S/C59H41NO/c1-4-20-41(21-5-1)57-45-26-11-10-19-40(45)35-37-50(57)48-28-13-16-32-54(48)60(55-33-18-30-51-49-29-14-17-34-56(49)61-58(51)55)44-36-38-47-46-27-12-15-31-52(46)59(53(47)39-44,42-22-6-2-7-23-42)43-24-8-3-9-25-43/h1-8,10-24,26-39H,9,25H2. The van der Waals surface area contributed by atoms with Gasteiger partial charge in [-0.2, -0.15) is 0 Å². The van der Waals surface area contributed by atoms with E-state index in [1.54, 1.807) is 0 Å². The number of anilines is 3. The van der Waals surface area contributed by atoms with Gasteiger partial charge in [-0.1, -0.05) is 200 Å². The molecule has 1 atom stereocenters. The third-order valence-corrected chi connectivity index (χ3v) is 13.0. The first-order chi connectivity index (χ1) is 30.3. The minimum atomic E-state index is -0.469. The normalized spacial score (nSPS) is 15.5. The van der Waals surface area contributed by atoms with Crippen LogP contribution in [0.5, 0.6) is 0 Å². The molecule has 2 aliphatic carbocycles. The summed E-state index contributed by atoms with van der Waals surface area (Å²) in [7, 11) is 0. The van der Waals surface area contributed by atoms with Gasteiger partial charge in [0.1, 0.15) is 5.58 Å². The van der Waals surface area contributed by atoms with Gasteiger partial charge in [0.25, 0.3) is 0 Å². The summed E-state index contributed by atoms with van der Waals surface area (Å²) in [6, 6.07) is 75.5. The van der Waals surface area contributed by atoms with Crippen molar-refractivity contribution in [3.63, 3.8) is 0 Å². The van der Waals surface area contributed by atoms with Gasteiger partial charge >= 0.3 is 0 Å². The first-order valence-corrected chi connectivity index (χ1v) is 21.3. The molecule has 0 amide bonds. The third-order valence-electron chi connectivity index (χ3n) is 13.0. The van der Waals surface area contributed by atoms with Crippen molar-refractivity contribution in [3.05, 3.63) is 247 Å². The number of fused-ring (bicyclic) bond motifs is 7. The Morgan fingerprint density at radius 3 is 2.00 bits per heavy atom. The summed E-state index contributed by atoms with van der Waals surface area (Å²) in [4.78, 5) is 2.46. The molecule has 1 aromatic heterocycles. The molecule has 61 heavy (non-hydrogen) atoms. The van der Waals surface area contributed by atoms with E-state index in [4.69, 9.17) is 4.42 Å². The fraction of sp³-hybridized carbons (Fsp3) is 0.0508. The van der Waals surface area contributed by atoms with Crippen LogP contribution in [-0.4, -0.2) is 0 Å². The molecule has 0 N–H and O–H groups in total. The number of rotatable bonds is 7. The Hall–Kier alpha value is -7.68. The highest BCUT2D eigenvalue weighted by Gasteiger charge is 2.47. The molecular formula is C59H41NO. The lowest BCUT2D eigenvalue weighted by Gasteiger charge is -2.37. The third kappa shape index (κ3) is 5.42. The van der Waals surface area contributed by atoms with Crippen LogP contribution in [0.25, 0.3) is 66.1 Å². The average molecular weight is 780 g/mol. The first-order valence-electron chi connectivity index (χ1n) is 21.3. The molecule has 12 rings (SSSR count). The van der Waals surface area contributed by atoms with Gasteiger partial charge in [0, 0.05) is 22.0 Å². The number of benzene rings is 9. The van der Waals surface area contributed by atoms with Gasteiger partial charge in [0.15, 0.2) is 5.58 Å². The summed E-state index contributed by atoms with van der Waals surface area (Å²) >= 11 is 0. The van der Waals surface area contributed by atoms with Crippen molar-refractivity contribution < 1.29 is 4.42 Å². The fourth-order valence-electron chi connectivity index (χ4n) is 10.5. The Kier molecular flexibility index (Phi) is 8.24. The second-order valence-corrected chi connectivity index (χ2v) is 16.2. The molecule has 288 valence electrons. The summed E-state index contributed by atoms with van der Waals surface area (Å²) in [6.45, 7) is 0. The molecule has 1 unspecified atom stereocenters. The van der Waals surface area contributed by atoms with Crippen LogP contribution in [0.3, 0.4) is 0 Å². The van der Waals surface area contributed by atoms with E-state index in [9.17, 15) is 0 Å². The predicted molar refractivity (Wildman–Crippen MR) is 255 cm³/mol. The zero-order valence-electron chi connectivity index (χ0n) is 33.6. The number of hydrogen-bond acceptors (Lipinski definition) is 2. The van der Waals surface area contributed by atoms with Gasteiger partial charge < -0.3 is 9.32 Å². The van der Waals surface area contributed by atoms with Gasteiger partial charge in [-0.3, -0.25) is 0 Å². The number of para-hydroxylation sites is 3. The van der Waals surface area contributed by atoms with Crippen LogP contribution in [0.4, 0.5) is 17.1 Å². The fourth-order valence-corrected chi connectivity index (χ4v) is 10.5. The number of furan rings is 1. The Bertz CT molecular complexity index is 3370. The molecule has 0 radical (unpaired) electrons. The van der Waals surface area contributed by atoms with Crippen LogP contribution >= 0.6 is 0 Å². The van der Waals surface area contributed by atoms with E-state index in [-0.39, 0.29) is 0 Å². The molecule has 1 heterocycles. The lowest BCUT2D eigenvalue weighted by atomic mass is 9.65. The van der Waals surface area contributed by atoms with Crippen molar-refractivity contribution in [2.24, 2.45) is 0 Å². The Balaban J connectivity index is 1.18. The number of allylic oxidation sites excluding steroid dienone is 4. The highest BCUT2D eigenvalue weighted by Crippen LogP contribution is 2.59. The zero-order chi connectivity index (χ0) is 40.3. The Morgan fingerprint density at radius 1 is 0.475 bits per heavy atom. The maximum absolute atomic E-state index is 6.89. The monoisotopic (exact) mass is 779 g/mol. The van der Waals surface area contributed by atoms with E-state index in [1.165, 1.54) is 60.9 Å². The quantitative estimate of drug-likeness (QED) is 0.160. The van der Waals surface area contributed by atoms with Crippen LogP contribution in [0.1, 0.15) is 29.5 Å². The van der Waals surface area contributed by atoms with Gasteiger partial charge in [-0.15, -0.1) is 0 Å². The molecule has 2 aliphatic rings. The highest BCUT2D eigenvalue weighted by atomic mass is 16.3. The molecule has 0 saturated carbocycles. The van der Waals surface area contributed by atoms with E-state index in [0.717, 1.165) is 57.4 Å². The molecule has 2 nitrogen and oxygen atoms in total. The average Bonchev–Trinajstić information content (AvgIpc) is 3.87. The number of nitrogens with zero attached hydrogens (tertiary/aromatic N) is 1. The molecule has 0 saturated heterocycles. The van der Waals surface area contributed by atoms with E-state index in [0.29, 0.717) is 0 Å². The minimum absolute atomic E-state index is 0.469. The van der Waals surface area contributed by atoms with Gasteiger partial charge in [-0.05, 0) is 98.5 Å². The maximum Gasteiger partial charge on any atom is 0.159 e. The molecular weight excluding hydrogens is 739 g/mol. The largest absolute Gasteiger partial charge is 0.454 e. The van der Waals surface area contributed by atoms with Crippen molar-refractivity contribution in [2.45, 2.75) is 18.3 Å². The summed E-state index contributed by atoms with van der Waals surface area (Å²) in [5, 5.41) is 4.65. The van der Waals surface area contributed by atoms with Crippen molar-refractivity contribution >= 4 is 49.8 Å². The molecule has 0 aliphatic heterocycles. The van der Waals surface area contributed by atoms with Crippen LogP contribution < -0.4 is 4.90 Å². The van der Waals surface area contributed by atoms with E-state index in [1.807, 2.05) is 0 Å². The SMILES string of the molecule is C1=CCCC(C2(c3ccccc3)c3ccccc3-c3ccc(N(c4ccccc4-c4ccc5ccccc5c4-c4ccccc4)c4cccc5c4oc4ccccc45)cc32)=C1. The Morgan fingerprint density at radius 2 is 1.15 bits per heavy atom. The minimum Gasteiger partial charge on any atom is -0.454 e. The van der Waals surface area contributed by atoms with E-state index < -0.39 is 5.41 Å². The molecule has 0 bridgehead atoms. The second kappa shape index (κ2) is 14.3. The summed E-state index contributed by atoms with van der Waals surface area (Å²) < 4.78 is 6.89. The van der Waals surface area contributed by atoms with Gasteiger partial charge in [-0.25, -0.2) is 0 Å². The first kappa shape index (κ1) is 35.3. The summed E-state index contributed by atoms with van der Waals surface area (Å²) in [5.41, 5.74) is 17.0. The van der Waals surface area contributed by atoms with E-state index >= 15 is 0 Å². The molecule has 2 heteroatoms. The van der Waals surface area contributed by atoms with Crippen LogP contribution in [-0.2, 0) is 5.41 Å². The van der Waals surface area contributed by atoms with Crippen molar-refractivity contribution in [1.29, 1.82) is 0 Å². The maximum atomic E-state index is 6.89. The zero-order valence-corrected chi connectivity index (χ0v) is 33.6. The predicted octanol–water partition coefficient (Wildman–Crippen LogP) is 16.1. The molecule has 10 aromatic rings. The lowest BCUT2D eigenvalue weighted by molar-refractivity contribution is 0.669. The topological polar surface area (TPSA) is 16.4 Å². The van der Waals surface area contributed by atoms with Crippen molar-refractivity contribution in [1.82, 2.24) is 0 Å². The van der Waals surface area contributed by atoms with Crippen LogP contribution in [0.15, 0.2) is 234 Å². The van der Waals surface area contributed by atoms with Gasteiger partial charge in [0.05, 0.1) is 16.8 Å². The molecule has 0 spiro atoms. The van der Waals surface area contributed by atoms with Gasteiger partial charge in [0.2, 0.25) is 0 Å². The van der Waals surface area contributed by atoms with Crippen molar-refractivity contribution in [3.8, 4) is 33.4 Å². The lowest BCUT2D eigenvalue weighted by Crippen LogP contribution is -2.30. The van der Waals surface area contributed by atoms with Crippen LogP contribution in [0, 0.1) is 0 Å². The van der Waals surface area contributed by atoms with Crippen LogP contribution in [0.2, 0.25) is 0 Å².